The number of aromatic nitrogens is 4. The van der Waals surface area contributed by atoms with Crippen LogP contribution in [0.1, 0.15) is 13.8 Å². The summed E-state index contributed by atoms with van der Waals surface area (Å²) >= 11 is 0. The Balaban J connectivity index is 2.46. The summed E-state index contributed by atoms with van der Waals surface area (Å²) in [5, 5.41) is 2.95. The number of rotatable bonds is 4. The van der Waals surface area contributed by atoms with E-state index in [0.29, 0.717) is 18.3 Å². The van der Waals surface area contributed by atoms with E-state index in [1.807, 2.05) is 18.4 Å². The summed E-state index contributed by atoms with van der Waals surface area (Å²) in [6.07, 6.45) is 4.59. The maximum absolute atomic E-state index is 13.7. The van der Waals surface area contributed by atoms with Gasteiger partial charge < -0.3 is 9.88 Å². The highest BCUT2D eigenvalue weighted by molar-refractivity contribution is 5.52. The summed E-state index contributed by atoms with van der Waals surface area (Å²) in [7, 11) is 0. The molecule has 90 valence electrons. The Morgan fingerprint density at radius 1 is 1.35 bits per heavy atom. The Bertz CT molecular complexity index is 508. The van der Waals surface area contributed by atoms with Crippen LogP contribution in [0.15, 0.2) is 18.6 Å². The van der Waals surface area contributed by atoms with Crippen molar-refractivity contribution in [3.05, 3.63) is 24.4 Å². The van der Waals surface area contributed by atoms with E-state index in [0.717, 1.165) is 12.7 Å². The number of hydrogen-bond donors (Lipinski definition) is 1. The van der Waals surface area contributed by atoms with Crippen molar-refractivity contribution in [1.29, 1.82) is 0 Å². The summed E-state index contributed by atoms with van der Waals surface area (Å²) in [5.74, 6) is 0.466. The molecule has 5 nitrogen and oxygen atoms in total. The molecule has 0 saturated heterocycles. The zero-order chi connectivity index (χ0) is 12.3. The van der Waals surface area contributed by atoms with Gasteiger partial charge in [-0.05, 0) is 13.8 Å². The molecule has 0 unspecified atom stereocenters. The van der Waals surface area contributed by atoms with Crippen LogP contribution >= 0.6 is 0 Å². The van der Waals surface area contributed by atoms with Gasteiger partial charge in [-0.2, -0.15) is 0 Å². The van der Waals surface area contributed by atoms with Gasteiger partial charge in [-0.1, -0.05) is 0 Å². The summed E-state index contributed by atoms with van der Waals surface area (Å²) in [6.45, 7) is 5.30. The first-order chi connectivity index (χ1) is 8.26. The van der Waals surface area contributed by atoms with Gasteiger partial charge in [0.1, 0.15) is 5.69 Å². The number of halogens is 1. The van der Waals surface area contributed by atoms with E-state index in [9.17, 15) is 4.39 Å². The maximum Gasteiger partial charge on any atom is 0.223 e. The zero-order valence-corrected chi connectivity index (χ0v) is 9.81. The summed E-state index contributed by atoms with van der Waals surface area (Å²) in [6, 6.07) is 0. The van der Waals surface area contributed by atoms with E-state index in [-0.39, 0.29) is 5.69 Å². The highest BCUT2D eigenvalue weighted by Crippen LogP contribution is 2.19. The molecule has 2 aromatic heterocycles. The fraction of sp³-hybridized carbons (Fsp3) is 0.364. The molecule has 2 rings (SSSR count). The van der Waals surface area contributed by atoms with Crippen LogP contribution in [0.3, 0.4) is 0 Å². The lowest BCUT2D eigenvalue weighted by Crippen LogP contribution is -2.06. The molecular weight excluding hydrogens is 221 g/mol. The average molecular weight is 235 g/mol. The second-order valence-electron chi connectivity index (χ2n) is 3.46. The molecule has 6 heteroatoms. The molecule has 1 N–H and O–H groups in total. The lowest BCUT2D eigenvalue weighted by atomic mass is 10.3. The maximum atomic E-state index is 13.7. The summed E-state index contributed by atoms with van der Waals surface area (Å²) < 4.78 is 15.5. The molecule has 2 aromatic rings. The molecule has 0 aliphatic rings. The number of aryl methyl sites for hydroxylation is 1. The van der Waals surface area contributed by atoms with E-state index in [2.05, 4.69) is 20.3 Å². The molecule has 0 atom stereocenters. The molecule has 0 saturated carbocycles. The van der Waals surface area contributed by atoms with Gasteiger partial charge in [-0.25, -0.2) is 19.3 Å². The highest BCUT2D eigenvalue weighted by Gasteiger charge is 2.13. The van der Waals surface area contributed by atoms with Gasteiger partial charge in [0.15, 0.2) is 11.6 Å². The predicted molar refractivity (Wildman–Crippen MR) is 63.0 cm³/mol. The van der Waals surface area contributed by atoms with Crippen LogP contribution in [-0.2, 0) is 6.54 Å². The molecule has 0 aliphatic carbocycles. The van der Waals surface area contributed by atoms with Gasteiger partial charge in [0.05, 0.1) is 6.20 Å². The van der Waals surface area contributed by atoms with Gasteiger partial charge in [0.2, 0.25) is 5.95 Å². The van der Waals surface area contributed by atoms with Crippen molar-refractivity contribution in [3.63, 3.8) is 0 Å². The first-order valence-electron chi connectivity index (χ1n) is 5.54. The molecule has 2 heterocycles. The van der Waals surface area contributed by atoms with Crippen molar-refractivity contribution in [2.24, 2.45) is 0 Å². The SMILES string of the molecule is CCNc1ncc(F)c(-c2nccn2CC)n1. The fourth-order valence-electron chi connectivity index (χ4n) is 1.55. The molecule has 0 amide bonds. The molecule has 17 heavy (non-hydrogen) atoms. The van der Waals surface area contributed by atoms with Crippen LogP contribution in [0.5, 0.6) is 0 Å². The van der Waals surface area contributed by atoms with Crippen LogP contribution in [0.4, 0.5) is 10.3 Å². The normalized spacial score (nSPS) is 10.5. The minimum atomic E-state index is -0.465. The van der Waals surface area contributed by atoms with Crippen molar-refractivity contribution < 1.29 is 4.39 Å². The summed E-state index contributed by atoms with van der Waals surface area (Å²) in [4.78, 5) is 12.1. The van der Waals surface area contributed by atoms with Crippen LogP contribution in [0, 0.1) is 5.82 Å². The lowest BCUT2D eigenvalue weighted by Gasteiger charge is -2.07. The monoisotopic (exact) mass is 235 g/mol. The van der Waals surface area contributed by atoms with Crippen LogP contribution in [-0.4, -0.2) is 26.1 Å². The summed E-state index contributed by atoms with van der Waals surface area (Å²) in [5.41, 5.74) is 0.225. The lowest BCUT2D eigenvalue weighted by molar-refractivity contribution is 0.614. The minimum Gasteiger partial charge on any atom is -0.354 e. The van der Waals surface area contributed by atoms with Gasteiger partial charge in [0.25, 0.3) is 0 Å². The predicted octanol–water partition coefficient (Wildman–Crippen LogP) is 1.93. The third kappa shape index (κ3) is 2.25. The van der Waals surface area contributed by atoms with E-state index >= 15 is 0 Å². The molecule has 0 fully saturated rings. The van der Waals surface area contributed by atoms with Crippen molar-refractivity contribution in [3.8, 4) is 11.5 Å². The van der Waals surface area contributed by atoms with Crippen LogP contribution in [0.25, 0.3) is 11.5 Å². The molecule has 0 bridgehead atoms. The third-order valence-electron chi connectivity index (χ3n) is 2.35. The quantitative estimate of drug-likeness (QED) is 0.879. The third-order valence-corrected chi connectivity index (χ3v) is 2.35. The van der Waals surface area contributed by atoms with Crippen molar-refractivity contribution in [1.82, 2.24) is 19.5 Å². The van der Waals surface area contributed by atoms with Gasteiger partial charge in [0, 0.05) is 25.5 Å². The number of anilines is 1. The van der Waals surface area contributed by atoms with Crippen molar-refractivity contribution in [2.45, 2.75) is 20.4 Å². The van der Waals surface area contributed by atoms with Gasteiger partial charge in [-0.15, -0.1) is 0 Å². The van der Waals surface area contributed by atoms with Gasteiger partial charge in [-0.3, -0.25) is 0 Å². The number of hydrogen-bond acceptors (Lipinski definition) is 4. The van der Waals surface area contributed by atoms with E-state index in [1.54, 1.807) is 12.4 Å². The smallest absolute Gasteiger partial charge is 0.223 e. The molecule has 0 aromatic carbocycles. The first kappa shape index (κ1) is 11.5. The Morgan fingerprint density at radius 2 is 2.18 bits per heavy atom. The largest absolute Gasteiger partial charge is 0.354 e. The number of nitrogens with one attached hydrogen (secondary N) is 1. The minimum absolute atomic E-state index is 0.225. The molecule has 0 aliphatic heterocycles. The van der Waals surface area contributed by atoms with Gasteiger partial charge >= 0.3 is 0 Å². The van der Waals surface area contributed by atoms with Crippen molar-refractivity contribution in [2.75, 3.05) is 11.9 Å². The average Bonchev–Trinajstić information content (AvgIpc) is 2.80. The first-order valence-corrected chi connectivity index (χ1v) is 5.54. The number of imidazole rings is 1. The van der Waals surface area contributed by atoms with Crippen LogP contribution < -0.4 is 5.32 Å². The van der Waals surface area contributed by atoms with Crippen LogP contribution in [0.2, 0.25) is 0 Å². The second-order valence-corrected chi connectivity index (χ2v) is 3.46. The molecular formula is C11H14FN5. The van der Waals surface area contributed by atoms with E-state index < -0.39 is 5.82 Å². The van der Waals surface area contributed by atoms with E-state index in [1.165, 1.54) is 0 Å². The Kier molecular flexibility index (Phi) is 3.32. The number of nitrogens with zero attached hydrogens (tertiary/aromatic N) is 4. The molecule has 0 spiro atoms. The second kappa shape index (κ2) is 4.90. The zero-order valence-electron chi connectivity index (χ0n) is 9.81. The van der Waals surface area contributed by atoms with E-state index in [4.69, 9.17) is 0 Å². The Morgan fingerprint density at radius 3 is 2.88 bits per heavy atom. The standard InChI is InChI=1S/C11H14FN5/c1-3-13-11-15-7-8(12)9(16-11)10-14-5-6-17(10)4-2/h5-7H,3-4H2,1-2H3,(H,13,15,16). The van der Waals surface area contributed by atoms with Crippen molar-refractivity contribution >= 4 is 5.95 Å². The topological polar surface area (TPSA) is 55.6 Å². The Hall–Kier alpha value is -1.98. The Labute approximate surface area is 98.7 Å². The fourth-order valence-corrected chi connectivity index (χ4v) is 1.55. The molecule has 0 radical (unpaired) electrons. The highest BCUT2D eigenvalue weighted by atomic mass is 19.1.